The number of nitrogens with two attached hydrogens (primary N) is 1. The molecular weight excluding hydrogens is 296 g/mol. The first-order valence-electron chi connectivity index (χ1n) is 6.48. The van der Waals surface area contributed by atoms with Crippen molar-refractivity contribution < 1.29 is 9.53 Å². The maximum absolute atomic E-state index is 11.9. The number of methoxy groups -OCH3 is 1. The fourth-order valence-corrected chi connectivity index (χ4v) is 2.89. The van der Waals surface area contributed by atoms with E-state index in [0.717, 1.165) is 31.5 Å². The van der Waals surface area contributed by atoms with E-state index in [1.54, 1.807) is 12.1 Å². The fourth-order valence-electron chi connectivity index (χ4n) is 2.56. The fraction of sp³-hybridized carbons (Fsp3) is 0.429. The average molecular weight is 313 g/mol. The summed E-state index contributed by atoms with van der Waals surface area (Å²) in [6.45, 7) is 0.775. The van der Waals surface area contributed by atoms with E-state index < -0.39 is 0 Å². The van der Waals surface area contributed by atoms with E-state index in [9.17, 15) is 4.79 Å². The summed E-state index contributed by atoms with van der Waals surface area (Å²) in [5.74, 6) is -0.228. The molecule has 1 unspecified atom stereocenters. The van der Waals surface area contributed by atoms with E-state index in [1.165, 1.54) is 7.11 Å². The van der Waals surface area contributed by atoms with Crippen LogP contribution >= 0.6 is 23.8 Å². The lowest BCUT2D eigenvalue weighted by atomic mass is 9.99. The smallest absolute Gasteiger partial charge is 0.328 e. The molecule has 1 aliphatic rings. The molecule has 0 aliphatic carbocycles. The molecule has 0 spiro atoms. The average Bonchev–Trinajstić information content (AvgIpc) is 2.46. The molecule has 4 nitrogen and oxygen atoms in total. The molecule has 0 saturated carbocycles. The molecule has 6 heteroatoms. The zero-order valence-electron chi connectivity index (χ0n) is 11.3. The second-order valence-electron chi connectivity index (χ2n) is 4.75. The van der Waals surface area contributed by atoms with Crippen LogP contribution in [0.2, 0.25) is 5.02 Å². The number of benzene rings is 1. The monoisotopic (exact) mass is 312 g/mol. The Morgan fingerprint density at radius 2 is 2.25 bits per heavy atom. The topological polar surface area (TPSA) is 55.6 Å². The number of anilines is 1. The summed E-state index contributed by atoms with van der Waals surface area (Å²) in [4.78, 5) is 14.2. The molecule has 1 aromatic carbocycles. The number of thiocarbonyl (C=S) groups is 1. The third kappa shape index (κ3) is 3.04. The molecule has 20 heavy (non-hydrogen) atoms. The summed E-state index contributed by atoms with van der Waals surface area (Å²) >= 11 is 11.1. The zero-order valence-corrected chi connectivity index (χ0v) is 12.8. The van der Waals surface area contributed by atoms with Gasteiger partial charge in [-0.1, -0.05) is 23.8 Å². The van der Waals surface area contributed by atoms with Crippen LogP contribution < -0.4 is 10.6 Å². The summed E-state index contributed by atoms with van der Waals surface area (Å²) in [5.41, 5.74) is 7.32. The van der Waals surface area contributed by atoms with Gasteiger partial charge in [0.2, 0.25) is 0 Å². The molecule has 0 bridgehead atoms. The number of ether oxygens (including phenoxy) is 1. The van der Waals surface area contributed by atoms with Gasteiger partial charge in [-0.2, -0.15) is 0 Å². The number of rotatable bonds is 3. The lowest BCUT2D eigenvalue weighted by Crippen LogP contribution is -2.46. The van der Waals surface area contributed by atoms with Crippen molar-refractivity contribution in [3.63, 3.8) is 0 Å². The van der Waals surface area contributed by atoms with Crippen LogP contribution in [-0.4, -0.2) is 30.7 Å². The van der Waals surface area contributed by atoms with Crippen molar-refractivity contribution in [2.75, 3.05) is 18.6 Å². The van der Waals surface area contributed by atoms with Crippen molar-refractivity contribution in [1.29, 1.82) is 0 Å². The molecule has 1 aliphatic heterocycles. The van der Waals surface area contributed by atoms with Crippen molar-refractivity contribution in [1.82, 2.24) is 0 Å². The van der Waals surface area contributed by atoms with Gasteiger partial charge in [-0.05, 0) is 37.5 Å². The summed E-state index contributed by atoms with van der Waals surface area (Å²) < 4.78 is 4.89. The quantitative estimate of drug-likeness (QED) is 0.686. The van der Waals surface area contributed by atoms with Gasteiger partial charge < -0.3 is 15.4 Å². The van der Waals surface area contributed by atoms with Crippen molar-refractivity contribution in [3.8, 4) is 0 Å². The van der Waals surface area contributed by atoms with Gasteiger partial charge in [0, 0.05) is 22.8 Å². The number of carbonyl (C=O) groups is 1. The second-order valence-corrected chi connectivity index (χ2v) is 5.63. The number of hydrogen-bond acceptors (Lipinski definition) is 4. The van der Waals surface area contributed by atoms with E-state index in [-0.39, 0.29) is 17.0 Å². The van der Waals surface area contributed by atoms with Gasteiger partial charge in [-0.3, -0.25) is 0 Å². The van der Waals surface area contributed by atoms with Crippen molar-refractivity contribution in [3.05, 3.63) is 28.8 Å². The molecule has 1 heterocycles. The van der Waals surface area contributed by atoms with Crippen molar-refractivity contribution >= 4 is 40.5 Å². The van der Waals surface area contributed by atoms with E-state index in [1.807, 2.05) is 11.0 Å². The van der Waals surface area contributed by atoms with Crippen LogP contribution in [0.15, 0.2) is 18.2 Å². The maximum atomic E-state index is 11.9. The van der Waals surface area contributed by atoms with Crippen molar-refractivity contribution in [2.24, 2.45) is 5.73 Å². The summed E-state index contributed by atoms with van der Waals surface area (Å²) in [6.07, 6.45) is 2.80. The molecule has 1 saturated heterocycles. The lowest BCUT2D eigenvalue weighted by molar-refractivity contribution is -0.142. The van der Waals surface area contributed by atoms with Crippen LogP contribution in [0.1, 0.15) is 24.8 Å². The molecule has 1 atom stereocenters. The number of piperidine rings is 1. The normalized spacial score (nSPS) is 18.7. The Kier molecular flexibility index (Phi) is 4.83. The molecule has 2 N–H and O–H groups in total. The predicted molar refractivity (Wildman–Crippen MR) is 84.3 cm³/mol. The highest BCUT2D eigenvalue weighted by Crippen LogP contribution is 2.30. The number of carbonyl (C=O) groups excluding carboxylic acids is 1. The Balaban J connectivity index is 2.42. The number of hydrogen-bond donors (Lipinski definition) is 1. The number of nitrogens with zero attached hydrogens (tertiary/aromatic N) is 1. The van der Waals surface area contributed by atoms with Crippen LogP contribution in [-0.2, 0) is 9.53 Å². The second kappa shape index (κ2) is 6.41. The third-order valence-electron chi connectivity index (χ3n) is 3.51. The first-order chi connectivity index (χ1) is 9.54. The highest BCUT2D eigenvalue weighted by atomic mass is 35.5. The van der Waals surface area contributed by atoms with E-state index in [2.05, 4.69) is 0 Å². The Morgan fingerprint density at radius 3 is 2.90 bits per heavy atom. The summed E-state index contributed by atoms with van der Waals surface area (Å²) in [5, 5.41) is 0.572. The lowest BCUT2D eigenvalue weighted by Gasteiger charge is -2.36. The molecule has 108 valence electrons. The highest BCUT2D eigenvalue weighted by molar-refractivity contribution is 7.80. The van der Waals surface area contributed by atoms with E-state index >= 15 is 0 Å². The molecule has 0 amide bonds. The van der Waals surface area contributed by atoms with Gasteiger partial charge in [0.1, 0.15) is 11.0 Å². The van der Waals surface area contributed by atoms with Gasteiger partial charge in [-0.25, -0.2) is 4.79 Å². The molecule has 1 aromatic rings. The maximum Gasteiger partial charge on any atom is 0.328 e. The molecule has 0 radical (unpaired) electrons. The third-order valence-corrected chi connectivity index (χ3v) is 3.96. The van der Waals surface area contributed by atoms with Crippen LogP contribution in [0.25, 0.3) is 0 Å². The first-order valence-corrected chi connectivity index (χ1v) is 7.27. The van der Waals surface area contributed by atoms with Gasteiger partial charge >= 0.3 is 5.97 Å². The van der Waals surface area contributed by atoms with Crippen LogP contribution in [0, 0.1) is 0 Å². The molecule has 1 fully saturated rings. The SMILES string of the molecule is COC(=O)C1CCCCN1c1ccc(Cl)cc1C(N)=S. The summed E-state index contributed by atoms with van der Waals surface area (Å²) in [7, 11) is 1.41. The molecular formula is C14H17ClN2O2S. The minimum atomic E-state index is -0.289. The minimum Gasteiger partial charge on any atom is -0.467 e. The number of esters is 1. The van der Waals surface area contributed by atoms with Crippen LogP contribution in [0.4, 0.5) is 5.69 Å². The largest absolute Gasteiger partial charge is 0.467 e. The Labute approximate surface area is 128 Å². The van der Waals surface area contributed by atoms with Crippen molar-refractivity contribution in [2.45, 2.75) is 25.3 Å². The molecule has 2 rings (SSSR count). The molecule has 0 aromatic heterocycles. The zero-order chi connectivity index (χ0) is 14.7. The Hall–Kier alpha value is -1.33. The minimum absolute atomic E-state index is 0.228. The highest BCUT2D eigenvalue weighted by Gasteiger charge is 2.31. The Bertz CT molecular complexity index is 536. The predicted octanol–water partition coefficient (Wildman–Crippen LogP) is 2.51. The van der Waals surface area contributed by atoms with Gasteiger partial charge in [0.25, 0.3) is 0 Å². The van der Waals surface area contributed by atoms with E-state index in [4.69, 9.17) is 34.3 Å². The van der Waals surface area contributed by atoms with Gasteiger partial charge in [-0.15, -0.1) is 0 Å². The van der Waals surface area contributed by atoms with Crippen LogP contribution in [0.3, 0.4) is 0 Å². The Morgan fingerprint density at radius 1 is 1.50 bits per heavy atom. The number of halogens is 1. The van der Waals surface area contributed by atoms with Gasteiger partial charge in [0.15, 0.2) is 0 Å². The standard InChI is InChI=1S/C14H17ClN2O2S/c1-19-14(18)12-4-2-3-7-17(12)11-6-5-9(15)8-10(11)13(16)20/h5-6,8,12H,2-4,7H2,1H3,(H2,16,20). The first kappa shape index (κ1) is 15.1. The van der Waals surface area contributed by atoms with Crippen LogP contribution in [0.5, 0.6) is 0 Å². The van der Waals surface area contributed by atoms with Gasteiger partial charge in [0.05, 0.1) is 7.11 Å². The summed E-state index contributed by atoms with van der Waals surface area (Å²) in [6, 6.07) is 5.09. The van der Waals surface area contributed by atoms with E-state index in [0.29, 0.717) is 10.6 Å².